The van der Waals surface area contributed by atoms with Crippen molar-refractivity contribution in [1.82, 2.24) is 0 Å². The van der Waals surface area contributed by atoms with E-state index in [1.165, 1.54) is 5.56 Å². The Morgan fingerprint density at radius 1 is 1.57 bits per heavy atom. The minimum Gasteiger partial charge on any atom is -0.478 e. The first-order valence-corrected chi connectivity index (χ1v) is 4.75. The van der Waals surface area contributed by atoms with E-state index in [1.54, 1.807) is 6.07 Å². The van der Waals surface area contributed by atoms with E-state index >= 15 is 0 Å². The second-order valence-corrected chi connectivity index (χ2v) is 3.88. The molecule has 0 heterocycles. The summed E-state index contributed by atoms with van der Waals surface area (Å²) in [6.45, 7) is 2.14. The zero-order valence-electron chi connectivity index (χ0n) is 8.08. The van der Waals surface area contributed by atoms with Crippen molar-refractivity contribution in [2.45, 2.75) is 25.7 Å². The van der Waals surface area contributed by atoms with Crippen LogP contribution >= 0.6 is 0 Å². The standard InChI is InChI=1S/C11H13NO2/c1-6-2-3-7-4-9(11(13)14)10(12)5-8(6)7/h4-6H,2-3,12H2,1H3,(H,13,14). The fourth-order valence-corrected chi connectivity index (χ4v) is 2.07. The number of nitrogens with two attached hydrogens (primary N) is 1. The quantitative estimate of drug-likeness (QED) is 0.667. The fraction of sp³-hybridized carbons (Fsp3) is 0.364. The largest absolute Gasteiger partial charge is 0.478 e. The van der Waals surface area contributed by atoms with Crippen LogP contribution in [0.4, 0.5) is 5.69 Å². The number of carboxylic acid groups (broad SMARTS) is 1. The van der Waals surface area contributed by atoms with Gasteiger partial charge < -0.3 is 10.8 Å². The lowest BCUT2D eigenvalue weighted by Crippen LogP contribution is -2.04. The van der Waals surface area contributed by atoms with E-state index < -0.39 is 5.97 Å². The smallest absolute Gasteiger partial charge is 0.337 e. The van der Waals surface area contributed by atoms with E-state index in [2.05, 4.69) is 6.92 Å². The van der Waals surface area contributed by atoms with Gasteiger partial charge in [0.15, 0.2) is 0 Å². The summed E-state index contributed by atoms with van der Waals surface area (Å²) in [5.41, 5.74) is 8.65. The summed E-state index contributed by atoms with van der Waals surface area (Å²) >= 11 is 0. The first-order valence-electron chi connectivity index (χ1n) is 4.75. The van der Waals surface area contributed by atoms with E-state index in [1.807, 2.05) is 6.07 Å². The molecule has 0 saturated heterocycles. The Morgan fingerprint density at radius 3 is 2.93 bits per heavy atom. The topological polar surface area (TPSA) is 63.3 Å². The van der Waals surface area contributed by atoms with Crippen LogP contribution in [0, 0.1) is 0 Å². The Morgan fingerprint density at radius 2 is 2.29 bits per heavy atom. The number of anilines is 1. The van der Waals surface area contributed by atoms with Crippen LogP contribution in [0.2, 0.25) is 0 Å². The van der Waals surface area contributed by atoms with Gasteiger partial charge in [-0.05, 0) is 42.0 Å². The number of aryl methyl sites for hydroxylation is 1. The van der Waals surface area contributed by atoms with Crippen molar-refractivity contribution < 1.29 is 9.90 Å². The Kier molecular flexibility index (Phi) is 1.95. The number of nitrogen functional groups attached to an aromatic ring is 1. The summed E-state index contributed by atoms with van der Waals surface area (Å²) in [5.74, 6) is -0.431. The highest BCUT2D eigenvalue weighted by molar-refractivity contribution is 5.94. The summed E-state index contributed by atoms with van der Waals surface area (Å²) in [6, 6.07) is 3.53. The maximum Gasteiger partial charge on any atom is 0.337 e. The third-order valence-corrected chi connectivity index (χ3v) is 2.92. The van der Waals surface area contributed by atoms with E-state index in [0.717, 1.165) is 18.4 Å². The average molecular weight is 191 g/mol. The molecule has 0 fully saturated rings. The van der Waals surface area contributed by atoms with Crippen LogP contribution in [0.1, 0.15) is 40.7 Å². The molecule has 0 saturated carbocycles. The van der Waals surface area contributed by atoms with E-state index in [9.17, 15) is 4.79 Å². The lowest BCUT2D eigenvalue weighted by Gasteiger charge is -2.07. The van der Waals surface area contributed by atoms with Gasteiger partial charge in [-0.1, -0.05) is 6.92 Å². The van der Waals surface area contributed by atoms with Crippen molar-refractivity contribution in [3.05, 3.63) is 28.8 Å². The molecule has 3 N–H and O–H groups in total. The summed E-state index contributed by atoms with van der Waals surface area (Å²) < 4.78 is 0. The van der Waals surface area contributed by atoms with Crippen LogP contribution in [-0.2, 0) is 6.42 Å². The Hall–Kier alpha value is -1.51. The van der Waals surface area contributed by atoms with Crippen LogP contribution < -0.4 is 5.73 Å². The number of benzene rings is 1. The van der Waals surface area contributed by atoms with Crippen molar-refractivity contribution in [2.75, 3.05) is 5.73 Å². The summed E-state index contributed by atoms with van der Waals surface area (Å²) in [7, 11) is 0. The van der Waals surface area contributed by atoms with Crippen LogP contribution in [0.5, 0.6) is 0 Å². The van der Waals surface area contributed by atoms with Crippen molar-refractivity contribution in [1.29, 1.82) is 0 Å². The van der Waals surface area contributed by atoms with Gasteiger partial charge in [0.1, 0.15) is 0 Å². The van der Waals surface area contributed by atoms with E-state index in [-0.39, 0.29) is 5.56 Å². The number of aromatic carboxylic acids is 1. The third kappa shape index (κ3) is 1.25. The average Bonchev–Trinajstić information content (AvgIpc) is 2.46. The van der Waals surface area contributed by atoms with Gasteiger partial charge in [-0.3, -0.25) is 0 Å². The monoisotopic (exact) mass is 191 g/mol. The number of hydrogen-bond donors (Lipinski definition) is 2. The van der Waals surface area contributed by atoms with Gasteiger partial charge in [-0.2, -0.15) is 0 Å². The fourth-order valence-electron chi connectivity index (χ4n) is 2.07. The molecule has 0 aromatic heterocycles. The highest BCUT2D eigenvalue weighted by atomic mass is 16.4. The highest BCUT2D eigenvalue weighted by Crippen LogP contribution is 2.35. The predicted octanol–water partition coefficient (Wildman–Crippen LogP) is 2.02. The predicted molar refractivity (Wildman–Crippen MR) is 54.5 cm³/mol. The van der Waals surface area contributed by atoms with Gasteiger partial charge in [-0.15, -0.1) is 0 Å². The maximum absolute atomic E-state index is 10.8. The molecule has 0 aliphatic heterocycles. The van der Waals surface area contributed by atoms with Crippen molar-refractivity contribution in [3.8, 4) is 0 Å². The van der Waals surface area contributed by atoms with Gasteiger partial charge >= 0.3 is 5.97 Å². The van der Waals surface area contributed by atoms with Crippen molar-refractivity contribution in [2.24, 2.45) is 0 Å². The van der Waals surface area contributed by atoms with Crippen molar-refractivity contribution in [3.63, 3.8) is 0 Å². The maximum atomic E-state index is 10.8. The van der Waals surface area contributed by atoms with Crippen LogP contribution in [0.3, 0.4) is 0 Å². The molecule has 1 atom stereocenters. The van der Waals surface area contributed by atoms with Gasteiger partial charge in [0.2, 0.25) is 0 Å². The first kappa shape index (κ1) is 9.06. The normalized spacial score (nSPS) is 19.4. The van der Waals surface area contributed by atoms with Crippen LogP contribution in [-0.4, -0.2) is 11.1 Å². The molecule has 0 bridgehead atoms. The molecule has 2 rings (SSSR count). The van der Waals surface area contributed by atoms with Crippen LogP contribution in [0.15, 0.2) is 12.1 Å². The Balaban J connectivity index is 2.55. The van der Waals surface area contributed by atoms with Gasteiger partial charge in [-0.25, -0.2) is 4.79 Å². The molecule has 1 aromatic carbocycles. The second kappa shape index (κ2) is 3.01. The number of carbonyl (C=O) groups is 1. The van der Waals surface area contributed by atoms with Gasteiger partial charge in [0.25, 0.3) is 0 Å². The molecule has 0 spiro atoms. The molecule has 1 aliphatic rings. The second-order valence-electron chi connectivity index (χ2n) is 3.88. The van der Waals surface area contributed by atoms with Crippen LogP contribution in [0.25, 0.3) is 0 Å². The molecule has 1 aromatic rings. The van der Waals surface area contributed by atoms with Gasteiger partial charge in [0.05, 0.1) is 5.56 Å². The molecule has 0 amide bonds. The Labute approximate surface area is 82.5 Å². The molecular weight excluding hydrogens is 178 g/mol. The van der Waals surface area contributed by atoms with E-state index in [0.29, 0.717) is 11.6 Å². The molecular formula is C11H13NO2. The zero-order valence-corrected chi connectivity index (χ0v) is 8.08. The molecule has 1 unspecified atom stereocenters. The molecule has 0 radical (unpaired) electrons. The number of hydrogen-bond acceptors (Lipinski definition) is 2. The zero-order chi connectivity index (χ0) is 10.3. The minimum absolute atomic E-state index is 0.234. The molecule has 14 heavy (non-hydrogen) atoms. The molecule has 3 nitrogen and oxygen atoms in total. The highest BCUT2D eigenvalue weighted by Gasteiger charge is 2.21. The van der Waals surface area contributed by atoms with Gasteiger partial charge in [0, 0.05) is 5.69 Å². The SMILES string of the molecule is CC1CCc2cc(C(=O)O)c(N)cc21. The Bertz CT molecular complexity index is 399. The molecule has 3 heteroatoms. The number of fused-ring (bicyclic) bond motifs is 1. The number of carboxylic acids is 1. The molecule has 1 aliphatic carbocycles. The van der Waals surface area contributed by atoms with Crippen molar-refractivity contribution >= 4 is 11.7 Å². The summed E-state index contributed by atoms with van der Waals surface area (Å²) in [5, 5.41) is 8.88. The third-order valence-electron chi connectivity index (χ3n) is 2.92. The lowest BCUT2D eigenvalue weighted by molar-refractivity contribution is 0.0698. The molecule has 74 valence electrons. The minimum atomic E-state index is -0.940. The first-order chi connectivity index (χ1) is 6.59. The summed E-state index contributed by atoms with van der Waals surface area (Å²) in [4.78, 5) is 10.8. The number of rotatable bonds is 1. The lowest BCUT2D eigenvalue weighted by atomic mass is 10.00. The van der Waals surface area contributed by atoms with E-state index in [4.69, 9.17) is 10.8 Å². The summed E-state index contributed by atoms with van der Waals surface area (Å²) in [6.07, 6.45) is 2.06.